The summed E-state index contributed by atoms with van der Waals surface area (Å²) >= 11 is 0. The van der Waals surface area contributed by atoms with E-state index in [1.54, 1.807) is 12.1 Å². The van der Waals surface area contributed by atoms with E-state index in [2.05, 4.69) is 0 Å². The number of rotatable bonds is 7. The number of carbonyl (C=O) groups is 1. The second-order valence-corrected chi connectivity index (χ2v) is 8.56. The van der Waals surface area contributed by atoms with Gasteiger partial charge in [0.05, 0.1) is 26.9 Å². The van der Waals surface area contributed by atoms with Gasteiger partial charge in [-0.3, -0.25) is 4.79 Å². The molecular weight excluding hydrogens is 467 g/mol. The van der Waals surface area contributed by atoms with Gasteiger partial charge in [-0.05, 0) is 54.6 Å². The maximum Gasteiger partial charge on any atom is 0.339 e. The minimum Gasteiger partial charge on any atom is -0.493 e. The zero-order valence-electron chi connectivity index (χ0n) is 18.3. The zero-order chi connectivity index (χ0) is 24.5. The SMILES string of the molecule is COc1ccc(C=C2Oc3cc(OS(=O)(=O)c4ccc(F)cc4)ccc3C2=O)c(OC)c1OC. The lowest BCUT2D eigenvalue weighted by atomic mass is 10.1. The minimum absolute atomic E-state index is 0.000869. The first-order valence-electron chi connectivity index (χ1n) is 9.84. The highest BCUT2D eigenvalue weighted by Crippen LogP contribution is 2.42. The summed E-state index contributed by atoms with van der Waals surface area (Å²) in [6, 6.07) is 11.6. The van der Waals surface area contributed by atoms with Crippen molar-refractivity contribution < 1.29 is 40.7 Å². The lowest BCUT2D eigenvalue weighted by molar-refractivity contribution is 0.101. The number of ketones is 1. The Morgan fingerprint density at radius 1 is 0.882 bits per heavy atom. The van der Waals surface area contributed by atoms with Gasteiger partial charge in [0.1, 0.15) is 22.2 Å². The van der Waals surface area contributed by atoms with Crippen molar-refractivity contribution in [1.29, 1.82) is 0 Å². The van der Waals surface area contributed by atoms with Crippen LogP contribution in [0.3, 0.4) is 0 Å². The number of hydrogen-bond donors (Lipinski definition) is 0. The van der Waals surface area contributed by atoms with E-state index in [-0.39, 0.29) is 27.7 Å². The molecule has 10 heteroatoms. The van der Waals surface area contributed by atoms with Crippen LogP contribution in [0.15, 0.2) is 65.3 Å². The summed E-state index contributed by atoms with van der Waals surface area (Å²) < 4.78 is 64.9. The molecule has 0 fully saturated rings. The molecule has 0 unspecified atom stereocenters. The van der Waals surface area contributed by atoms with Crippen molar-refractivity contribution in [3.8, 4) is 28.7 Å². The van der Waals surface area contributed by atoms with E-state index in [0.717, 1.165) is 24.3 Å². The Morgan fingerprint density at radius 2 is 1.59 bits per heavy atom. The van der Waals surface area contributed by atoms with Crippen molar-refractivity contribution in [3.63, 3.8) is 0 Å². The fourth-order valence-corrected chi connectivity index (χ4v) is 4.30. The van der Waals surface area contributed by atoms with Crippen LogP contribution >= 0.6 is 0 Å². The van der Waals surface area contributed by atoms with Gasteiger partial charge in [0.25, 0.3) is 0 Å². The highest BCUT2D eigenvalue weighted by Gasteiger charge is 2.29. The first-order valence-corrected chi connectivity index (χ1v) is 11.3. The smallest absolute Gasteiger partial charge is 0.339 e. The third-order valence-electron chi connectivity index (χ3n) is 4.97. The third-order valence-corrected chi connectivity index (χ3v) is 6.23. The van der Waals surface area contributed by atoms with Crippen molar-refractivity contribution in [2.45, 2.75) is 4.90 Å². The number of allylic oxidation sites excluding steroid dienone is 1. The van der Waals surface area contributed by atoms with Gasteiger partial charge in [0, 0.05) is 11.6 Å². The molecule has 176 valence electrons. The first-order chi connectivity index (χ1) is 16.3. The summed E-state index contributed by atoms with van der Waals surface area (Å²) in [6.07, 6.45) is 1.49. The third kappa shape index (κ3) is 4.27. The molecule has 0 aliphatic carbocycles. The van der Waals surface area contributed by atoms with Crippen LogP contribution in [0.1, 0.15) is 15.9 Å². The molecular formula is C24H19FO8S. The van der Waals surface area contributed by atoms with Gasteiger partial charge < -0.3 is 23.1 Å². The van der Waals surface area contributed by atoms with E-state index in [0.29, 0.717) is 22.8 Å². The van der Waals surface area contributed by atoms with Gasteiger partial charge in [0.2, 0.25) is 11.5 Å². The summed E-state index contributed by atoms with van der Waals surface area (Å²) in [4.78, 5) is 12.6. The lowest BCUT2D eigenvalue weighted by Crippen LogP contribution is -2.09. The normalized spacial score (nSPS) is 13.9. The van der Waals surface area contributed by atoms with E-state index < -0.39 is 21.7 Å². The van der Waals surface area contributed by atoms with Crippen LogP contribution < -0.4 is 23.1 Å². The fraction of sp³-hybridized carbons (Fsp3) is 0.125. The average Bonchev–Trinajstić information content (AvgIpc) is 3.12. The number of hydrogen-bond acceptors (Lipinski definition) is 8. The second kappa shape index (κ2) is 9.06. The molecule has 0 aromatic heterocycles. The summed E-state index contributed by atoms with van der Waals surface area (Å²) in [6.45, 7) is 0. The molecule has 4 rings (SSSR count). The van der Waals surface area contributed by atoms with Crippen LogP contribution in [0.5, 0.6) is 28.7 Å². The van der Waals surface area contributed by atoms with Gasteiger partial charge in [-0.1, -0.05) is 0 Å². The van der Waals surface area contributed by atoms with Gasteiger partial charge in [0.15, 0.2) is 17.3 Å². The van der Waals surface area contributed by atoms with Crippen molar-refractivity contribution >= 4 is 22.0 Å². The van der Waals surface area contributed by atoms with Gasteiger partial charge in [-0.15, -0.1) is 0 Å². The van der Waals surface area contributed by atoms with Crippen LogP contribution in [0.25, 0.3) is 6.08 Å². The predicted octanol–water partition coefficient (Wildman–Crippen LogP) is 4.24. The molecule has 3 aromatic rings. The molecule has 1 heterocycles. The fourth-order valence-electron chi connectivity index (χ4n) is 3.37. The van der Waals surface area contributed by atoms with E-state index in [1.807, 2.05) is 0 Å². The molecule has 34 heavy (non-hydrogen) atoms. The summed E-state index contributed by atoms with van der Waals surface area (Å²) in [5.41, 5.74) is 0.740. The molecule has 1 aliphatic rings. The second-order valence-electron chi connectivity index (χ2n) is 7.01. The lowest BCUT2D eigenvalue weighted by Gasteiger charge is -2.14. The van der Waals surface area contributed by atoms with E-state index >= 15 is 0 Å². The molecule has 0 spiro atoms. The molecule has 0 bridgehead atoms. The molecule has 0 saturated carbocycles. The average molecular weight is 486 g/mol. The largest absolute Gasteiger partial charge is 0.493 e. The van der Waals surface area contributed by atoms with E-state index in [1.165, 1.54) is 45.6 Å². The maximum absolute atomic E-state index is 13.1. The molecule has 0 atom stereocenters. The molecule has 8 nitrogen and oxygen atoms in total. The molecule has 0 N–H and O–H groups in total. The Kier molecular flexibility index (Phi) is 6.16. The van der Waals surface area contributed by atoms with Gasteiger partial charge in [-0.2, -0.15) is 8.42 Å². The summed E-state index contributed by atoms with van der Waals surface area (Å²) in [7, 11) is 0.200. The van der Waals surface area contributed by atoms with Crippen LogP contribution in [-0.4, -0.2) is 35.5 Å². The van der Waals surface area contributed by atoms with E-state index in [9.17, 15) is 17.6 Å². The predicted molar refractivity (Wildman–Crippen MR) is 120 cm³/mol. The molecule has 0 saturated heterocycles. The van der Waals surface area contributed by atoms with Crippen LogP contribution in [0.4, 0.5) is 4.39 Å². The zero-order valence-corrected chi connectivity index (χ0v) is 19.1. The number of carbonyl (C=O) groups excluding carboxylic acids is 1. The van der Waals surface area contributed by atoms with Crippen molar-refractivity contribution in [2.75, 3.05) is 21.3 Å². The number of fused-ring (bicyclic) bond motifs is 1. The molecule has 3 aromatic carbocycles. The summed E-state index contributed by atoms with van der Waals surface area (Å²) in [5.74, 6) is 0.226. The Hall–Kier alpha value is -4.05. The highest BCUT2D eigenvalue weighted by molar-refractivity contribution is 7.87. The molecule has 0 radical (unpaired) electrons. The standard InChI is InChI=1S/C24H19FO8S/c1-29-19-11-4-14(23(30-2)24(19)31-3)12-21-22(26)18-10-7-16(13-20(18)32-21)33-34(27,28)17-8-5-15(25)6-9-17/h4-13H,1-3H3. The van der Waals surface area contributed by atoms with Crippen LogP contribution in [0.2, 0.25) is 0 Å². The summed E-state index contributed by atoms with van der Waals surface area (Å²) in [5, 5.41) is 0. The number of methoxy groups -OCH3 is 3. The van der Waals surface area contributed by atoms with Crippen molar-refractivity contribution in [2.24, 2.45) is 0 Å². The topological polar surface area (TPSA) is 97.4 Å². The first kappa shape index (κ1) is 23.1. The Bertz CT molecular complexity index is 1400. The number of halogens is 1. The number of Topliss-reactive ketones (excluding diaryl/α,β-unsaturated/α-hetero) is 1. The number of ether oxygens (including phenoxy) is 4. The van der Waals surface area contributed by atoms with Crippen molar-refractivity contribution in [1.82, 2.24) is 0 Å². The van der Waals surface area contributed by atoms with Gasteiger partial charge >= 0.3 is 10.1 Å². The maximum atomic E-state index is 13.1. The van der Waals surface area contributed by atoms with Crippen molar-refractivity contribution in [3.05, 3.63) is 77.3 Å². The highest BCUT2D eigenvalue weighted by atomic mass is 32.2. The Labute approximate surface area is 195 Å². The quantitative estimate of drug-likeness (QED) is 0.362. The molecule has 0 amide bonds. The number of benzene rings is 3. The monoisotopic (exact) mass is 486 g/mol. The molecule has 1 aliphatic heterocycles. The van der Waals surface area contributed by atoms with Gasteiger partial charge in [-0.25, -0.2) is 4.39 Å². The van der Waals surface area contributed by atoms with Crippen LogP contribution in [0, 0.1) is 5.82 Å². The van der Waals surface area contributed by atoms with E-state index in [4.69, 9.17) is 23.1 Å². The Morgan fingerprint density at radius 3 is 2.24 bits per heavy atom. The minimum atomic E-state index is -4.21. The van der Waals surface area contributed by atoms with Crippen LogP contribution in [-0.2, 0) is 10.1 Å². The Balaban J connectivity index is 1.63.